The van der Waals surface area contributed by atoms with Crippen molar-refractivity contribution in [2.24, 2.45) is 5.73 Å². The molecular formula is C11H26N2O. The van der Waals surface area contributed by atoms with Gasteiger partial charge in [0, 0.05) is 25.8 Å². The van der Waals surface area contributed by atoms with Gasteiger partial charge in [-0.25, -0.2) is 0 Å². The Bertz CT molecular complexity index is 109. The summed E-state index contributed by atoms with van der Waals surface area (Å²) in [5.74, 6) is 0. The van der Waals surface area contributed by atoms with Gasteiger partial charge in [-0.1, -0.05) is 19.8 Å². The molecule has 0 aromatic rings. The van der Waals surface area contributed by atoms with Crippen LogP contribution in [0.3, 0.4) is 0 Å². The first-order valence-corrected chi connectivity index (χ1v) is 5.85. The molecule has 0 bridgehead atoms. The minimum absolute atomic E-state index is 0.321. The molecule has 0 spiro atoms. The molecule has 0 radical (unpaired) electrons. The van der Waals surface area contributed by atoms with Gasteiger partial charge >= 0.3 is 0 Å². The quantitative estimate of drug-likeness (QED) is 0.528. The van der Waals surface area contributed by atoms with Crippen LogP contribution in [0.2, 0.25) is 0 Å². The first-order valence-electron chi connectivity index (χ1n) is 5.85. The van der Waals surface area contributed by atoms with E-state index in [9.17, 15) is 0 Å². The summed E-state index contributed by atoms with van der Waals surface area (Å²) < 4.78 is 5.23. The highest BCUT2D eigenvalue weighted by molar-refractivity contribution is 4.63. The monoisotopic (exact) mass is 202 g/mol. The SMILES string of the molecule is CCCCC(N)CNCCCOCC. The predicted octanol–water partition coefficient (Wildman–Crippen LogP) is 1.52. The van der Waals surface area contributed by atoms with Crippen LogP contribution in [-0.4, -0.2) is 32.3 Å². The van der Waals surface area contributed by atoms with Crippen LogP contribution in [0.1, 0.15) is 39.5 Å². The Morgan fingerprint density at radius 1 is 1.29 bits per heavy atom. The van der Waals surface area contributed by atoms with Crippen molar-refractivity contribution < 1.29 is 4.74 Å². The molecule has 0 aromatic heterocycles. The van der Waals surface area contributed by atoms with Gasteiger partial charge in [-0.3, -0.25) is 0 Å². The highest BCUT2D eigenvalue weighted by atomic mass is 16.5. The molecule has 3 heteroatoms. The Morgan fingerprint density at radius 3 is 2.71 bits per heavy atom. The van der Waals surface area contributed by atoms with Crippen LogP contribution < -0.4 is 11.1 Å². The van der Waals surface area contributed by atoms with Crippen LogP contribution in [-0.2, 0) is 4.74 Å². The van der Waals surface area contributed by atoms with Crippen molar-refractivity contribution in [1.29, 1.82) is 0 Å². The molecule has 0 amide bonds. The number of unbranched alkanes of at least 4 members (excludes halogenated alkanes) is 1. The van der Waals surface area contributed by atoms with E-state index in [0.717, 1.165) is 39.1 Å². The number of hydrogen-bond donors (Lipinski definition) is 2. The van der Waals surface area contributed by atoms with Gasteiger partial charge in [0.15, 0.2) is 0 Å². The van der Waals surface area contributed by atoms with Crippen LogP contribution in [0.5, 0.6) is 0 Å². The van der Waals surface area contributed by atoms with Gasteiger partial charge in [-0.2, -0.15) is 0 Å². The molecule has 0 saturated heterocycles. The Hall–Kier alpha value is -0.120. The second-order valence-electron chi connectivity index (χ2n) is 3.66. The standard InChI is InChI=1S/C11H26N2O/c1-3-5-7-11(12)10-13-8-6-9-14-4-2/h11,13H,3-10,12H2,1-2H3. The predicted molar refractivity (Wildman–Crippen MR) is 61.5 cm³/mol. The average Bonchev–Trinajstić information content (AvgIpc) is 2.20. The molecule has 0 aliphatic rings. The minimum Gasteiger partial charge on any atom is -0.382 e. The second kappa shape index (κ2) is 11.0. The number of ether oxygens (including phenoxy) is 1. The summed E-state index contributed by atoms with van der Waals surface area (Å²) >= 11 is 0. The Labute approximate surface area is 88.4 Å². The lowest BCUT2D eigenvalue weighted by atomic mass is 10.1. The lowest BCUT2D eigenvalue weighted by molar-refractivity contribution is 0.144. The fourth-order valence-corrected chi connectivity index (χ4v) is 1.30. The van der Waals surface area contributed by atoms with E-state index in [1.807, 2.05) is 6.92 Å². The second-order valence-corrected chi connectivity index (χ2v) is 3.66. The molecule has 1 unspecified atom stereocenters. The van der Waals surface area contributed by atoms with E-state index in [4.69, 9.17) is 10.5 Å². The molecular weight excluding hydrogens is 176 g/mol. The molecule has 3 nitrogen and oxygen atoms in total. The molecule has 0 aromatic carbocycles. The highest BCUT2D eigenvalue weighted by Gasteiger charge is 1.99. The Balaban J connectivity index is 3.02. The first kappa shape index (κ1) is 13.9. The normalized spacial score (nSPS) is 13.1. The van der Waals surface area contributed by atoms with E-state index in [-0.39, 0.29) is 0 Å². The maximum atomic E-state index is 5.91. The van der Waals surface area contributed by atoms with Crippen molar-refractivity contribution in [3.05, 3.63) is 0 Å². The maximum Gasteiger partial charge on any atom is 0.0477 e. The van der Waals surface area contributed by atoms with Gasteiger partial charge in [0.2, 0.25) is 0 Å². The van der Waals surface area contributed by atoms with Gasteiger partial charge in [0.1, 0.15) is 0 Å². The third kappa shape index (κ3) is 9.96. The largest absolute Gasteiger partial charge is 0.382 e. The molecule has 1 atom stereocenters. The van der Waals surface area contributed by atoms with Crippen molar-refractivity contribution in [2.75, 3.05) is 26.3 Å². The number of nitrogens with two attached hydrogens (primary N) is 1. The van der Waals surface area contributed by atoms with E-state index < -0.39 is 0 Å². The summed E-state index contributed by atoms with van der Waals surface area (Å²) in [5.41, 5.74) is 5.91. The van der Waals surface area contributed by atoms with Crippen molar-refractivity contribution in [3.63, 3.8) is 0 Å². The van der Waals surface area contributed by atoms with Crippen molar-refractivity contribution >= 4 is 0 Å². The summed E-state index contributed by atoms with van der Waals surface area (Å²) in [6.45, 7) is 7.84. The number of nitrogens with one attached hydrogen (secondary N) is 1. The fraction of sp³-hybridized carbons (Fsp3) is 1.00. The minimum atomic E-state index is 0.321. The van der Waals surface area contributed by atoms with Crippen molar-refractivity contribution in [2.45, 2.75) is 45.6 Å². The van der Waals surface area contributed by atoms with Crippen LogP contribution in [0.25, 0.3) is 0 Å². The van der Waals surface area contributed by atoms with Gasteiger partial charge in [-0.05, 0) is 26.3 Å². The summed E-state index contributed by atoms with van der Waals surface area (Å²) in [6.07, 6.45) is 4.68. The zero-order valence-corrected chi connectivity index (χ0v) is 9.72. The fourth-order valence-electron chi connectivity index (χ4n) is 1.30. The van der Waals surface area contributed by atoms with E-state index in [0.29, 0.717) is 6.04 Å². The zero-order valence-electron chi connectivity index (χ0n) is 9.72. The topological polar surface area (TPSA) is 47.3 Å². The average molecular weight is 202 g/mol. The molecule has 0 heterocycles. The molecule has 0 aliphatic heterocycles. The maximum absolute atomic E-state index is 5.91. The van der Waals surface area contributed by atoms with Gasteiger partial charge in [0.25, 0.3) is 0 Å². The molecule has 0 saturated carbocycles. The number of hydrogen-bond acceptors (Lipinski definition) is 3. The smallest absolute Gasteiger partial charge is 0.0477 e. The van der Waals surface area contributed by atoms with Crippen LogP contribution >= 0.6 is 0 Å². The highest BCUT2D eigenvalue weighted by Crippen LogP contribution is 1.96. The van der Waals surface area contributed by atoms with Gasteiger partial charge < -0.3 is 15.8 Å². The van der Waals surface area contributed by atoms with Crippen molar-refractivity contribution in [3.8, 4) is 0 Å². The number of rotatable bonds is 10. The molecule has 0 fully saturated rings. The van der Waals surface area contributed by atoms with Crippen LogP contribution in [0, 0.1) is 0 Å². The Kier molecular flexibility index (Phi) is 10.9. The Morgan fingerprint density at radius 2 is 2.07 bits per heavy atom. The third-order valence-electron chi connectivity index (χ3n) is 2.18. The zero-order chi connectivity index (χ0) is 10.6. The van der Waals surface area contributed by atoms with E-state index in [1.165, 1.54) is 12.8 Å². The summed E-state index contributed by atoms with van der Waals surface area (Å²) in [7, 11) is 0. The first-order chi connectivity index (χ1) is 6.81. The van der Waals surface area contributed by atoms with E-state index in [1.54, 1.807) is 0 Å². The molecule has 86 valence electrons. The lowest BCUT2D eigenvalue weighted by Gasteiger charge is -2.11. The van der Waals surface area contributed by atoms with E-state index in [2.05, 4.69) is 12.2 Å². The third-order valence-corrected chi connectivity index (χ3v) is 2.18. The van der Waals surface area contributed by atoms with Crippen molar-refractivity contribution in [1.82, 2.24) is 5.32 Å². The van der Waals surface area contributed by atoms with Gasteiger partial charge in [0.05, 0.1) is 0 Å². The molecule has 14 heavy (non-hydrogen) atoms. The molecule has 0 aliphatic carbocycles. The summed E-state index contributed by atoms with van der Waals surface area (Å²) in [6, 6.07) is 0.321. The summed E-state index contributed by atoms with van der Waals surface area (Å²) in [5, 5.41) is 3.35. The van der Waals surface area contributed by atoms with E-state index >= 15 is 0 Å². The van der Waals surface area contributed by atoms with Crippen LogP contribution in [0.4, 0.5) is 0 Å². The summed E-state index contributed by atoms with van der Waals surface area (Å²) in [4.78, 5) is 0. The molecule has 0 rings (SSSR count). The van der Waals surface area contributed by atoms with Crippen LogP contribution in [0.15, 0.2) is 0 Å². The molecule has 3 N–H and O–H groups in total. The van der Waals surface area contributed by atoms with Gasteiger partial charge in [-0.15, -0.1) is 0 Å². The lowest BCUT2D eigenvalue weighted by Crippen LogP contribution is -2.34.